The van der Waals surface area contributed by atoms with E-state index in [1.54, 1.807) is 34.6 Å². The summed E-state index contributed by atoms with van der Waals surface area (Å²) in [5, 5.41) is 0. The van der Waals surface area contributed by atoms with Crippen LogP contribution in [0.1, 0.15) is 41.5 Å². The van der Waals surface area contributed by atoms with E-state index in [0.717, 1.165) is 0 Å². The van der Waals surface area contributed by atoms with E-state index in [2.05, 4.69) is 0 Å². The molecule has 0 radical (unpaired) electrons. The van der Waals surface area contributed by atoms with Crippen molar-refractivity contribution in [2.45, 2.75) is 59.5 Å². The molecule has 0 aliphatic heterocycles. The van der Waals surface area contributed by atoms with Crippen molar-refractivity contribution < 1.29 is 19.0 Å². The zero-order valence-corrected chi connectivity index (χ0v) is 12.1. The van der Waals surface area contributed by atoms with Gasteiger partial charge in [-0.3, -0.25) is 0 Å². The predicted molar refractivity (Wildman–Crippen MR) is 69.8 cm³/mol. The van der Waals surface area contributed by atoms with Crippen LogP contribution >= 0.6 is 0 Å². The highest BCUT2D eigenvalue weighted by atomic mass is 16.7. The minimum Gasteiger partial charge on any atom is -0.457 e. The Labute approximate surface area is 109 Å². The third-order valence-electron chi connectivity index (χ3n) is 1.96. The molecule has 2 unspecified atom stereocenters. The number of carbonyl (C=O) groups excluding carboxylic acids is 1. The van der Waals surface area contributed by atoms with Crippen molar-refractivity contribution in [3.63, 3.8) is 0 Å². The Hall–Kier alpha value is -1.07. The third kappa shape index (κ3) is 8.08. The summed E-state index contributed by atoms with van der Waals surface area (Å²) in [7, 11) is 0. The van der Waals surface area contributed by atoms with E-state index in [1.807, 2.05) is 6.92 Å². The van der Waals surface area contributed by atoms with Crippen LogP contribution in [0, 0.1) is 0 Å². The average Bonchev–Trinajstić information content (AvgIpc) is 2.14. The molecule has 0 bridgehead atoms. The van der Waals surface area contributed by atoms with Crippen molar-refractivity contribution in [3.05, 3.63) is 11.8 Å². The fourth-order valence-electron chi connectivity index (χ4n) is 1.22. The molecule has 5 heteroatoms. The molecule has 0 amide bonds. The van der Waals surface area contributed by atoms with Crippen LogP contribution in [0.15, 0.2) is 11.8 Å². The second-order valence-corrected chi connectivity index (χ2v) is 4.98. The van der Waals surface area contributed by atoms with Gasteiger partial charge in [-0.25, -0.2) is 4.79 Å². The molecule has 0 aliphatic carbocycles. The topological polar surface area (TPSA) is 70.8 Å². The quantitative estimate of drug-likeness (QED) is 0.448. The number of rotatable bonds is 6. The van der Waals surface area contributed by atoms with Gasteiger partial charge < -0.3 is 19.9 Å². The van der Waals surface area contributed by atoms with Crippen LogP contribution in [0.5, 0.6) is 0 Å². The molecular weight excluding hydrogens is 234 g/mol. The summed E-state index contributed by atoms with van der Waals surface area (Å²) in [6, 6.07) is 0. The van der Waals surface area contributed by atoms with Crippen LogP contribution in [0.4, 0.5) is 0 Å². The molecule has 0 heterocycles. The van der Waals surface area contributed by atoms with Crippen molar-refractivity contribution in [2.75, 3.05) is 6.61 Å². The molecule has 0 aliphatic rings. The van der Waals surface area contributed by atoms with Gasteiger partial charge in [0.15, 0.2) is 6.29 Å². The molecule has 2 N–H and O–H groups in total. The zero-order valence-electron chi connectivity index (χ0n) is 12.1. The number of esters is 1. The van der Waals surface area contributed by atoms with Gasteiger partial charge in [-0.15, -0.1) is 0 Å². The van der Waals surface area contributed by atoms with Crippen LogP contribution in [0.2, 0.25) is 0 Å². The Balaban J connectivity index is 4.35. The Bertz CT molecular complexity index is 294. The van der Waals surface area contributed by atoms with Crippen molar-refractivity contribution >= 4 is 5.97 Å². The highest BCUT2D eigenvalue weighted by molar-refractivity contribution is 5.83. The second-order valence-electron chi connectivity index (χ2n) is 4.98. The fraction of sp³-hybridized carbons (Fsp3) is 0.769. The lowest BCUT2D eigenvalue weighted by atomic mass is 10.2. The zero-order chi connectivity index (χ0) is 14.3. The van der Waals surface area contributed by atoms with Gasteiger partial charge in [-0.2, -0.15) is 0 Å². The van der Waals surface area contributed by atoms with E-state index in [-0.39, 0.29) is 6.29 Å². The van der Waals surface area contributed by atoms with Gasteiger partial charge in [0.05, 0.1) is 6.10 Å². The molecule has 2 atom stereocenters. The molecule has 0 saturated carbocycles. The van der Waals surface area contributed by atoms with E-state index in [4.69, 9.17) is 19.9 Å². The largest absolute Gasteiger partial charge is 0.457 e. The van der Waals surface area contributed by atoms with E-state index < -0.39 is 17.7 Å². The van der Waals surface area contributed by atoms with Gasteiger partial charge in [0.25, 0.3) is 0 Å². The van der Waals surface area contributed by atoms with Crippen molar-refractivity contribution in [3.8, 4) is 0 Å². The van der Waals surface area contributed by atoms with Crippen LogP contribution in [0.3, 0.4) is 0 Å². The number of ether oxygens (including phenoxy) is 3. The molecule has 0 saturated heterocycles. The molecule has 106 valence electrons. The van der Waals surface area contributed by atoms with Crippen LogP contribution in [0.25, 0.3) is 0 Å². The number of carbonyl (C=O) groups is 1. The molecule has 0 aromatic rings. The standard InChI is InChI=1S/C13H25NO4/c1-7-16-10(3)17-9(2)11(14)8-12(15)18-13(4,5)6/h8-10H,7,14H2,1-6H3. The van der Waals surface area contributed by atoms with E-state index in [1.165, 1.54) is 6.08 Å². The Morgan fingerprint density at radius 3 is 2.33 bits per heavy atom. The van der Waals surface area contributed by atoms with Crippen molar-refractivity contribution in [1.29, 1.82) is 0 Å². The van der Waals surface area contributed by atoms with E-state index >= 15 is 0 Å². The summed E-state index contributed by atoms with van der Waals surface area (Å²) in [6.07, 6.45) is 0.476. The van der Waals surface area contributed by atoms with Gasteiger partial charge in [0.1, 0.15) is 5.60 Å². The van der Waals surface area contributed by atoms with Crippen LogP contribution in [-0.2, 0) is 19.0 Å². The first-order valence-electron chi connectivity index (χ1n) is 6.12. The minimum absolute atomic E-state index is 0.316. The monoisotopic (exact) mass is 259 g/mol. The Morgan fingerprint density at radius 2 is 1.89 bits per heavy atom. The molecule has 0 spiro atoms. The van der Waals surface area contributed by atoms with E-state index in [9.17, 15) is 4.79 Å². The van der Waals surface area contributed by atoms with Gasteiger partial charge in [-0.1, -0.05) is 0 Å². The Kier molecular flexibility index (Phi) is 6.94. The molecular formula is C13H25NO4. The Morgan fingerprint density at radius 1 is 1.33 bits per heavy atom. The third-order valence-corrected chi connectivity index (χ3v) is 1.96. The first kappa shape index (κ1) is 16.9. The maximum Gasteiger partial charge on any atom is 0.333 e. The number of nitrogens with two attached hydrogens (primary N) is 1. The summed E-state index contributed by atoms with van der Waals surface area (Å²) >= 11 is 0. The molecule has 0 rings (SSSR count). The molecule has 0 fully saturated rings. The van der Waals surface area contributed by atoms with Gasteiger partial charge in [0, 0.05) is 18.4 Å². The lowest BCUT2D eigenvalue weighted by molar-refractivity contribution is -0.150. The molecule has 0 aromatic carbocycles. The summed E-state index contributed by atoms with van der Waals surface area (Å²) < 4.78 is 15.8. The van der Waals surface area contributed by atoms with Gasteiger partial charge in [-0.05, 0) is 41.5 Å². The lowest BCUT2D eigenvalue weighted by Crippen LogP contribution is -2.27. The fourth-order valence-corrected chi connectivity index (χ4v) is 1.22. The summed E-state index contributed by atoms with van der Waals surface area (Å²) in [5.74, 6) is -0.473. The molecule has 5 nitrogen and oxygen atoms in total. The SMILES string of the molecule is CCOC(C)OC(C)C(N)=CC(=O)OC(C)(C)C. The highest BCUT2D eigenvalue weighted by Crippen LogP contribution is 2.10. The summed E-state index contributed by atoms with van der Waals surface area (Å²) in [4.78, 5) is 11.5. The normalized spacial score (nSPS) is 16.2. The highest BCUT2D eigenvalue weighted by Gasteiger charge is 2.17. The smallest absolute Gasteiger partial charge is 0.333 e. The van der Waals surface area contributed by atoms with Crippen molar-refractivity contribution in [1.82, 2.24) is 0 Å². The summed E-state index contributed by atoms with van der Waals surface area (Å²) in [6.45, 7) is 11.4. The molecule has 0 aromatic heterocycles. The summed E-state index contributed by atoms with van der Waals surface area (Å²) in [5.41, 5.74) is 5.55. The lowest BCUT2D eigenvalue weighted by Gasteiger charge is -2.21. The minimum atomic E-state index is -0.531. The van der Waals surface area contributed by atoms with Crippen molar-refractivity contribution in [2.24, 2.45) is 5.73 Å². The maximum absolute atomic E-state index is 11.5. The first-order valence-corrected chi connectivity index (χ1v) is 6.12. The molecule has 18 heavy (non-hydrogen) atoms. The first-order chi connectivity index (χ1) is 8.15. The average molecular weight is 259 g/mol. The van der Waals surface area contributed by atoms with E-state index in [0.29, 0.717) is 12.3 Å². The van der Waals surface area contributed by atoms with Crippen LogP contribution < -0.4 is 5.73 Å². The van der Waals surface area contributed by atoms with Gasteiger partial charge in [0.2, 0.25) is 0 Å². The number of hydrogen-bond donors (Lipinski definition) is 1. The number of hydrogen-bond acceptors (Lipinski definition) is 5. The maximum atomic E-state index is 11.5. The van der Waals surface area contributed by atoms with Gasteiger partial charge >= 0.3 is 5.97 Å². The second kappa shape index (κ2) is 7.38. The van der Waals surface area contributed by atoms with Crippen LogP contribution in [-0.4, -0.2) is 30.6 Å². The predicted octanol–water partition coefficient (Wildman–Crippen LogP) is 1.96.